The maximum atomic E-state index is 8.46. The van der Waals surface area contributed by atoms with Crippen molar-refractivity contribution in [3.05, 3.63) is 18.0 Å². The number of hydrogen-bond donors (Lipinski definition) is 2. The maximum Gasteiger partial charge on any atom is 0.222 e. The molecule has 62 valence electrons. The predicted octanol–water partition coefficient (Wildman–Crippen LogP) is -0.248. The minimum Gasteiger partial charge on any atom is -0.395 e. The molecule has 2 N–H and O–H groups in total. The number of nitriles is 1. The summed E-state index contributed by atoms with van der Waals surface area (Å²) >= 11 is 0. The Bertz CT molecular complexity index is 276. The van der Waals surface area contributed by atoms with E-state index in [0.29, 0.717) is 18.1 Å². The Morgan fingerprint density at radius 3 is 2.67 bits per heavy atom. The summed E-state index contributed by atoms with van der Waals surface area (Å²) in [5.41, 5.74) is 0.421. The van der Waals surface area contributed by atoms with Gasteiger partial charge in [-0.25, -0.2) is 9.97 Å². The SMILES string of the molecule is N#Cc1cnc(NCCO)nc1. The smallest absolute Gasteiger partial charge is 0.222 e. The summed E-state index contributed by atoms with van der Waals surface area (Å²) in [6, 6.07) is 1.91. The summed E-state index contributed by atoms with van der Waals surface area (Å²) in [6.07, 6.45) is 2.85. The fraction of sp³-hybridized carbons (Fsp3) is 0.286. The van der Waals surface area contributed by atoms with Crippen LogP contribution in [0.5, 0.6) is 0 Å². The second-order valence-electron chi connectivity index (χ2n) is 2.06. The molecule has 0 fully saturated rings. The molecule has 12 heavy (non-hydrogen) atoms. The van der Waals surface area contributed by atoms with Gasteiger partial charge in [0.15, 0.2) is 0 Å². The largest absolute Gasteiger partial charge is 0.395 e. The first kappa shape index (κ1) is 8.43. The molecule has 1 heterocycles. The minimum atomic E-state index is 0.0311. The second-order valence-corrected chi connectivity index (χ2v) is 2.06. The van der Waals surface area contributed by atoms with Crippen molar-refractivity contribution < 1.29 is 5.11 Å². The summed E-state index contributed by atoms with van der Waals surface area (Å²) in [5, 5.41) is 19.6. The summed E-state index contributed by atoms with van der Waals surface area (Å²) in [6.45, 7) is 0.440. The molecule has 1 aromatic rings. The van der Waals surface area contributed by atoms with Crippen LogP contribution in [0.25, 0.3) is 0 Å². The van der Waals surface area contributed by atoms with Gasteiger partial charge in [-0.3, -0.25) is 0 Å². The van der Waals surface area contributed by atoms with E-state index in [4.69, 9.17) is 10.4 Å². The molecule has 0 aromatic carbocycles. The van der Waals surface area contributed by atoms with Crippen LogP contribution < -0.4 is 5.32 Å². The number of aromatic nitrogens is 2. The van der Waals surface area contributed by atoms with E-state index in [1.807, 2.05) is 6.07 Å². The summed E-state index contributed by atoms with van der Waals surface area (Å²) < 4.78 is 0. The summed E-state index contributed by atoms with van der Waals surface area (Å²) in [5.74, 6) is 0.419. The highest BCUT2D eigenvalue weighted by atomic mass is 16.3. The molecule has 0 amide bonds. The molecule has 0 aliphatic heterocycles. The highest BCUT2D eigenvalue weighted by molar-refractivity contribution is 5.29. The van der Waals surface area contributed by atoms with Crippen LogP contribution in [0.15, 0.2) is 12.4 Å². The molecule has 1 rings (SSSR count). The lowest BCUT2D eigenvalue weighted by Crippen LogP contribution is -2.08. The summed E-state index contributed by atoms with van der Waals surface area (Å²) in [4.78, 5) is 7.66. The number of nitrogens with zero attached hydrogens (tertiary/aromatic N) is 3. The average molecular weight is 164 g/mol. The standard InChI is InChI=1S/C7H8N4O/c8-3-6-4-10-7(11-5-6)9-1-2-12/h4-5,12H,1-2H2,(H,9,10,11). The zero-order valence-corrected chi connectivity index (χ0v) is 6.36. The first-order valence-corrected chi connectivity index (χ1v) is 3.43. The molecule has 0 bridgehead atoms. The molecule has 0 radical (unpaired) electrons. The number of aliphatic hydroxyl groups excluding tert-OH is 1. The molecular weight excluding hydrogens is 156 g/mol. The molecule has 0 unspecified atom stereocenters. The zero-order valence-electron chi connectivity index (χ0n) is 6.36. The zero-order chi connectivity index (χ0) is 8.81. The molecule has 5 nitrogen and oxygen atoms in total. The van der Waals surface area contributed by atoms with E-state index < -0.39 is 0 Å². The van der Waals surface area contributed by atoms with Crippen LogP contribution in [0.3, 0.4) is 0 Å². The Hall–Kier alpha value is -1.67. The molecule has 1 aromatic heterocycles. The number of aliphatic hydroxyl groups is 1. The van der Waals surface area contributed by atoms with Crippen LogP contribution in [0.4, 0.5) is 5.95 Å². The lowest BCUT2D eigenvalue weighted by atomic mass is 10.4. The van der Waals surface area contributed by atoms with Gasteiger partial charge in [-0.1, -0.05) is 0 Å². The first-order chi connectivity index (χ1) is 5.86. The van der Waals surface area contributed by atoms with Crippen LogP contribution in [-0.2, 0) is 0 Å². The molecule has 0 saturated carbocycles. The predicted molar refractivity (Wildman–Crippen MR) is 42.3 cm³/mol. The third kappa shape index (κ3) is 2.18. The molecule has 0 aliphatic rings. The van der Waals surface area contributed by atoms with Crippen molar-refractivity contribution in [2.75, 3.05) is 18.5 Å². The van der Waals surface area contributed by atoms with Crippen LogP contribution in [0, 0.1) is 11.3 Å². The fourth-order valence-electron chi connectivity index (χ4n) is 0.645. The average Bonchev–Trinajstić information content (AvgIpc) is 2.15. The van der Waals surface area contributed by atoms with Crippen LogP contribution in [0.1, 0.15) is 5.56 Å². The van der Waals surface area contributed by atoms with E-state index in [9.17, 15) is 0 Å². The van der Waals surface area contributed by atoms with E-state index in [0.717, 1.165) is 0 Å². The Morgan fingerprint density at radius 1 is 1.50 bits per heavy atom. The molecule has 0 aliphatic carbocycles. The highest BCUT2D eigenvalue weighted by Gasteiger charge is 1.94. The van der Waals surface area contributed by atoms with Crippen molar-refractivity contribution in [1.29, 1.82) is 5.26 Å². The molecule has 0 saturated heterocycles. The van der Waals surface area contributed by atoms with Gasteiger partial charge in [-0.2, -0.15) is 5.26 Å². The number of rotatable bonds is 3. The monoisotopic (exact) mass is 164 g/mol. The van der Waals surface area contributed by atoms with Gasteiger partial charge in [0.1, 0.15) is 6.07 Å². The van der Waals surface area contributed by atoms with Gasteiger partial charge in [-0.15, -0.1) is 0 Å². The van der Waals surface area contributed by atoms with Gasteiger partial charge < -0.3 is 10.4 Å². The minimum absolute atomic E-state index is 0.0311. The lowest BCUT2D eigenvalue weighted by molar-refractivity contribution is 0.311. The number of hydrogen-bond acceptors (Lipinski definition) is 5. The third-order valence-electron chi connectivity index (χ3n) is 1.18. The summed E-state index contributed by atoms with van der Waals surface area (Å²) in [7, 11) is 0. The topological polar surface area (TPSA) is 81.8 Å². The Labute approximate surface area is 69.7 Å². The Morgan fingerprint density at radius 2 is 2.17 bits per heavy atom. The van der Waals surface area contributed by atoms with E-state index in [-0.39, 0.29) is 6.61 Å². The van der Waals surface area contributed by atoms with Crippen molar-refractivity contribution in [1.82, 2.24) is 9.97 Å². The van der Waals surface area contributed by atoms with Gasteiger partial charge in [0.25, 0.3) is 0 Å². The third-order valence-corrected chi connectivity index (χ3v) is 1.18. The van der Waals surface area contributed by atoms with Crippen molar-refractivity contribution in [3.8, 4) is 6.07 Å². The number of anilines is 1. The van der Waals surface area contributed by atoms with E-state index in [1.165, 1.54) is 12.4 Å². The van der Waals surface area contributed by atoms with Gasteiger partial charge in [0, 0.05) is 6.54 Å². The van der Waals surface area contributed by atoms with Crippen molar-refractivity contribution in [2.24, 2.45) is 0 Å². The van der Waals surface area contributed by atoms with Crippen LogP contribution in [0.2, 0.25) is 0 Å². The van der Waals surface area contributed by atoms with E-state index >= 15 is 0 Å². The first-order valence-electron chi connectivity index (χ1n) is 3.43. The van der Waals surface area contributed by atoms with E-state index in [2.05, 4.69) is 15.3 Å². The maximum absolute atomic E-state index is 8.46. The van der Waals surface area contributed by atoms with Crippen LogP contribution in [-0.4, -0.2) is 28.2 Å². The lowest BCUT2D eigenvalue weighted by Gasteiger charge is -1.99. The molecule has 0 spiro atoms. The highest BCUT2D eigenvalue weighted by Crippen LogP contribution is 1.97. The van der Waals surface area contributed by atoms with Gasteiger partial charge in [-0.05, 0) is 0 Å². The second kappa shape index (κ2) is 4.26. The van der Waals surface area contributed by atoms with Crippen molar-refractivity contribution in [3.63, 3.8) is 0 Å². The van der Waals surface area contributed by atoms with Gasteiger partial charge in [0.05, 0.1) is 24.6 Å². The van der Waals surface area contributed by atoms with Crippen molar-refractivity contribution in [2.45, 2.75) is 0 Å². The quantitative estimate of drug-likeness (QED) is 0.643. The van der Waals surface area contributed by atoms with Crippen molar-refractivity contribution >= 4 is 5.95 Å². The Kier molecular flexibility index (Phi) is 2.99. The number of nitrogens with one attached hydrogen (secondary N) is 1. The van der Waals surface area contributed by atoms with Gasteiger partial charge in [0.2, 0.25) is 5.95 Å². The molecular formula is C7H8N4O. The molecule has 5 heteroatoms. The van der Waals surface area contributed by atoms with Crippen LogP contribution >= 0.6 is 0 Å². The normalized spacial score (nSPS) is 9.00. The molecule has 0 atom stereocenters. The van der Waals surface area contributed by atoms with Gasteiger partial charge >= 0.3 is 0 Å². The Balaban J connectivity index is 2.60. The fourth-order valence-corrected chi connectivity index (χ4v) is 0.645. The van der Waals surface area contributed by atoms with E-state index in [1.54, 1.807) is 0 Å².